The summed E-state index contributed by atoms with van der Waals surface area (Å²) < 4.78 is 23.3. The summed E-state index contributed by atoms with van der Waals surface area (Å²) in [7, 11) is -1.43. The maximum atomic E-state index is 13.7. The molecule has 2 aromatic rings. The Labute approximate surface area is 215 Å². The Kier molecular flexibility index (Phi) is 9.84. The van der Waals surface area contributed by atoms with E-state index in [-0.39, 0.29) is 18.1 Å². The van der Waals surface area contributed by atoms with Crippen LogP contribution in [0.4, 0.5) is 0 Å². The molecule has 1 saturated heterocycles. The Bertz CT molecular complexity index is 933. The number of nitrogens with zero attached hydrogens (tertiary/aromatic N) is 1. The second-order valence-corrected chi connectivity index (χ2v) is 14.2. The minimum absolute atomic E-state index is 0.193. The van der Waals surface area contributed by atoms with Crippen molar-refractivity contribution in [1.29, 1.82) is 0 Å². The van der Waals surface area contributed by atoms with Crippen molar-refractivity contribution < 1.29 is 28.3 Å². The highest BCUT2D eigenvalue weighted by atomic mass is 28.4. The number of ether oxygens (including phenoxy) is 3. The van der Waals surface area contributed by atoms with E-state index in [0.29, 0.717) is 19.6 Å². The van der Waals surface area contributed by atoms with Crippen LogP contribution in [0.15, 0.2) is 60.7 Å². The van der Waals surface area contributed by atoms with Crippen molar-refractivity contribution in [3.63, 3.8) is 0 Å². The van der Waals surface area contributed by atoms with E-state index in [4.69, 9.17) is 18.7 Å². The zero-order valence-corrected chi connectivity index (χ0v) is 23.1. The molecule has 1 atom stereocenters. The molecule has 1 amide bonds. The molecule has 0 bridgehead atoms. The van der Waals surface area contributed by atoms with Crippen molar-refractivity contribution in [3.05, 3.63) is 60.7 Å². The van der Waals surface area contributed by atoms with E-state index >= 15 is 0 Å². The minimum atomic E-state index is -3.03. The molecule has 0 radical (unpaired) electrons. The SMILES string of the molecule is CCOC(=O)C(CCC1OCCCO1)C(=O)N(C)O[Si](c1ccccc1)(c1ccccc1)C(C)(C)C. The van der Waals surface area contributed by atoms with Crippen LogP contribution in [0.25, 0.3) is 0 Å². The fraction of sp³-hybridized carbons (Fsp3) is 0.500. The second kappa shape index (κ2) is 12.6. The predicted octanol–water partition coefficient (Wildman–Crippen LogP) is 3.66. The zero-order valence-electron chi connectivity index (χ0n) is 22.1. The van der Waals surface area contributed by atoms with Gasteiger partial charge < -0.3 is 18.7 Å². The first kappa shape index (κ1) is 28.1. The van der Waals surface area contributed by atoms with Gasteiger partial charge in [0, 0.05) is 7.05 Å². The standard InChI is InChI=1S/C28H39NO6Si/c1-6-32-27(31)24(18-19-25-33-20-13-21-34-25)26(30)29(5)35-36(28(2,3)4,22-14-9-7-10-15-22)23-16-11-8-12-17-23/h7-12,14-17,24-25H,6,13,18-21H2,1-5H3. The molecular formula is C28H39NO6Si. The van der Waals surface area contributed by atoms with E-state index in [0.717, 1.165) is 16.8 Å². The molecule has 1 aliphatic heterocycles. The Morgan fingerprint density at radius 2 is 1.53 bits per heavy atom. The Hall–Kier alpha value is -2.52. The lowest BCUT2D eigenvalue weighted by Gasteiger charge is -2.44. The van der Waals surface area contributed by atoms with E-state index in [1.165, 1.54) is 5.06 Å². The summed E-state index contributed by atoms with van der Waals surface area (Å²) in [5.41, 5.74) is 0. The van der Waals surface area contributed by atoms with Gasteiger partial charge in [-0.3, -0.25) is 9.59 Å². The Morgan fingerprint density at radius 1 is 1.00 bits per heavy atom. The van der Waals surface area contributed by atoms with Crippen LogP contribution in [0.2, 0.25) is 5.04 Å². The minimum Gasteiger partial charge on any atom is -0.465 e. The Morgan fingerprint density at radius 3 is 2.00 bits per heavy atom. The first-order valence-corrected chi connectivity index (χ1v) is 14.6. The molecule has 1 aliphatic rings. The van der Waals surface area contributed by atoms with Gasteiger partial charge in [0.25, 0.3) is 14.2 Å². The number of hydrogen-bond donors (Lipinski definition) is 0. The van der Waals surface area contributed by atoms with Gasteiger partial charge in [-0.15, -0.1) is 0 Å². The van der Waals surface area contributed by atoms with Gasteiger partial charge in [0.05, 0.1) is 19.8 Å². The average molecular weight is 514 g/mol. The quantitative estimate of drug-likeness (QED) is 0.209. The van der Waals surface area contributed by atoms with Gasteiger partial charge in [0.1, 0.15) is 5.92 Å². The largest absolute Gasteiger partial charge is 0.465 e. The lowest BCUT2D eigenvalue weighted by molar-refractivity contribution is -0.186. The highest BCUT2D eigenvalue weighted by molar-refractivity contribution is 6.99. The number of carbonyl (C=O) groups excluding carboxylic acids is 2. The third-order valence-corrected chi connectivity index (χ3v) is 11.4. The van der Waals surface area contributed by atoms with Crippen molar-refractivity contribution in [2.75, 3.05) is 26.9 Å². The third kappa shape index (κ3) is 6.42. The molecule has 1 unspecified atom stereocenters. The summed E-state index contributed by atoms with van der Waals surface area (Å²) in [6.45, 7) is 9.56. The molecule has 1 heterocycles. The summed E-state index contributed by atoms with van der Waals surface area (Å²) in [6, 6.07) is 20.1. The lowest BCUT2D eigenvalue weighted by Crippen LogP contribution is -2.69. The topological polar surface area (TPSA) is 74.3 Å². The van der Waals surface area contributed by atoms with Crippen molar-refractivity contribution in [3.8, 4) is 0 Å². The summed E-state index contributed by atoms with van der Waals surface area (Å²) in [6.07, 6.45) is 1.08. The number of amides is 1. The van der Waals surface area contributed by atoms with Gasteiger partial charge in [-0.05, 0) is 41.6 Å². The van der Waals surface area contributed by atoms with Crippen LogP contribution >= 0.6 is 0 Å². The summed E-state index contributed by atoms with van der Waals surface area (Å²) >= 11 is 0. The zero-order chi connectivity index (χ0) is 26.2. The molecular weight excluding hydrogens is 474 g/mol. The first-order valence-electron chi connectivity index (χ1n) is 12.7. The van der Waals surface area contributed by atoms with Crippen LogP contribution in [-0.4, -0.2) is 58.4 Å². The van der Waals surface area contributed by atoms with Crippen molar-refractivity contribution in [2.45, 2.75) is 58.3 Å². The second-order valence-electron chi connectivity index (χ2n) is 10.00. The smallest absolute Gasteiger partial charge is 0.318 e. The molecule has 0 spiro atoms. The molecule has 196 valence electrons. The molecule has 3 rings (SSSR count). The normalized spacial score (nSPS) is 15.8. The average Bonchev–Trinajstić information content (AvgIpc) is 2.88. The van der Waals surface area contributed by atoms with Crippen molar-refractivity contribution >= 4 is 30.6 Å². The number of benzene rings is 2. The molecule has 0 aromatic heterocycles. The predicted molar refractivity (Wildman–Crippen MR) is 141 cm³/mol. The van der Waals surface area contributed by atoms with Crippen LogP contribution in [0, 0.1) is 5.92 Å². The summed E-state index contributed by atoms with van der Waals surface area (Å²) in [5, 5.41) is 3.02. The van der Waals surface area contributed by atoms with Gasteiger partial charge in [-0.1, -0.05) is 81.4 Å². The molecule has 7 nitrogen and oxygen atoms in total. The number of hydrogen-bond acceptors (Lipinski definition) is 6. The summed E-state index contributed by atoms with van der Waals surface area (Å²) in [5.74, 6) is -2.00. The third-order valence-electron chi connectivity index (χ3n) is 6.46. The molecule has 8 heteroatoms. The van der Waals surface area contributed by atoms with Gasteiger partial charge >= 0.3 is 5.97 Å². The van der Waals surface area contributed by atoms with Gasteiger partial charge in [0.2, 0.25) is 0 Å². The van der Waals surface area contributed by atoms with Crippen LogP contribution in [0.3, 0.4) is 0 Å². The fourth-order valence-corrected chi connectivity index (χ4v) is 9.06. The monoisotopic (exact) mass is 513 g/mol. The molecule has 0 saturated carbocycles. The van der Waals surface area contributed by atoms with E-state index < -0.39 is 32.4 Å². The van der Waals surface area contributed by atoms with Crippen LogP contribution in [0.1, 0.15) is 47.0 Å². The number of carbonyl (C=O) groups is 2. The van der Waals surface area contributed by atoms with Gasteiger partial charge in [0.15, 0.2) is 6.29 Å². The number of rotatable bonds is 10. The van der Waals surface area contributed by atoms with E-state index in [1.54, 1.807) is 14.0 Å². The van der Waals surface area contributed by atoms with Crippen molar-refractivity contribution in [1.82, 2.24) is 5.06 Å². The first-order chi connectivity index (χ1) is 17.2. The fourth-order valence-electron chi connectivity index (χ4n) is 4.68. The van der Waals surface area contributed by atoms with E-state index in [9.17, 15) is 9.59 Å². The maximum Gasteiger partial charge on any atom is 0.318 e. The molecule has 0 aliphatic carbocycles. The number of esters is 1. The summed E-state index contributed by atoms with van der Waals surface area (Å²) in [4.78, 5) is 26.6. The molecule has 0 N–H and O–H groups in total. The maximum absolute atomic E-state index is 13.7. The molecule has 2 aromatic carbocycles. The highest BCUT2D eigenvalue weighted by Crippen LogP contribution is 2.37. The highest BCUT2D eigenvalue weighted by Gasteiger charge is 2.53. The van der Waals surface area contributed by atoms with Gasteiger partial charge in [-0.25, -0.2) is 5.06 Å². The van der Waals surface area contributed by atoms with E-state index in [1.807, 2.05) is 36.4 Å². The van der Waals surface area contributed by atoms with Crippen LogP contribution < -0.4 is 10.4 Å². The Balaban J connectivity index is 1.94. The van der Waals surface area contributed by atoms with Crippen LogP contribution in [-0.2, 0) is 28.3 Å². The molecule has 1 fully saturated rings. The van der Waals surface area contributed by atoms with Crippen LogP contribution in [0.5, 0.6) is 0 Å². The molecule has 36 heavy (non-hydrogen) atoms. The van der Waals surface area contributed by atoms with Crippen molar-refractivity contribution in [2.24, 2.45) is 5.92 Å². The van der Waals surface area contributed by atoms with E-state index in [2.05, 4.69) is 45.0 Å². The van der Waals surface area contributed by atoms with Gasteiger partial charge in [-0.2, -0.15) is 0 Å². The lowest BCUT2D eigenvalue weighted by atomic mass is 10.0. The number of hydroxylamine groups is 2.